The van der Waals surface area contributed by atoms with E-state index in [0.717, 1.165) is 0 Å². The van der Waals surface area contributed by atoms with Crippen LogP contribution in [0, 0.1) is 18.8 Å². The molecule has 0 N–H and O–H groups in total. The molecule has 31 valence electrons. The van der Waals surface area contributed by atoms with Crippen molar-refractivity contribution in [3.8, 4) is 12.3 Å². The number of rotatable bonds is 0. The first-order valence-corrected chi connectivity index (χ1v) is 1.15. The molecule has 0 saturated carbocycles. The number of hydrogen-bond acceptors (Lipinski definition) is 0. The molecule has 0 aliphatic carbocycles. The Hall–Kier alpha value is 2.74. The Morgan fingerprint density at radius 1 is 1.29 bits per heavy atom. The monoisotopic (exact) mass is 320 g/mol. The third kappa shape index (κ3) is 28.4. The van der Waals surface area contributed by atoms with Crippen molar-refractivity contribution in [3.05, 3.63) is 6.42 Å². The zero-order chi connectivity index (χ0) is 3.41. The summed E-state index contributed by atoms with van der Waals surface area (Å²) in [5.41, 5.74) is 0. The summed E-state index contributed by atoms with van der Waals surface area (Å²) in [7, 11) is 0. The fourth-order valence-corrected chi connectivity index (χ4v) is 0. The van der Waals surface area contributed by atoms with Gasteiger partial charge in [0, 0.05) is 98.1 Å². The van der Waals surface area contributed by atoms with E-state index in [1.807, 2.05) is 6.92 Å². The Balaban J connectivity index is -0.0000000150. The van der Waals surface area contributed by atoms with E-state index in [2.05, 4.69) is 5.92 Å². The van der Waals surface area contributed by atoms with E-state index >= 15 is 0 Å². The van der Waals surface area contributed by atoms with E-state index in [1.54, 1.807) is 6.42 Å². The molecule has 0 aliphatic heterocycles. The zero-order valence-electron chi connectivity index (χ0n) is 4.39. The molecule has 0 saturated heterocycles. The molecule has 0 spiro atoms. The summed E-state index contributed by atoms with van der Waals surface area (Å²) < 4.78 is 0. The quantitative estimate of drug-likeness (QED) is 0.458. The predicted molar refractivity (Wildman–Crippen MR) is 18.8 cm³/mol. The van der Waals surface area contributed by atoms with Gasteiger partial charge in [0.15, 0.2) is 0 Å². The van der Waals surface area contributed by atoms with Crippen LogP contribution >= 0.6 is 0 Å². The molecule has 0 amide bonds. The molecule has 0 aromatic rings. The van der Waals surface area contributed by atoms with Gasteiger partial charge in [0.2, 0.25) is 0 Å². The maximum atomic E-state index is 4.72. The first-order valence-electron chi connectivity index (χ1n) is 1.15. The third-order valence-electron chi connectivity index (χ3n) is 0.167. The zero-order valence-corrected chi connectivity index (χ0v) is 12.9. The number of terminal acetylenes is 1. The predicted octanol–water partition coefficient (Wildman–Crippen LogP) is 0.836. The van der Waals surface area contributed by atoms with Gasteiger partial charge < -0.3 is 6.42 Å². The van der Waals surface area contributed by atoms with Crippen molar-refractivity contribution >= 4 is 0 Å². The SMILES string of the molecule is C#C[CH-]C.[Y].[Y].[Y]. The van der Waals surface area contributed by atoms with Gasteiger partial charge in [0.05, 0.1) is 0 Å². The van der Waals surface area contributed by atoms with Crippen LogP contribution in [0.5, 0.6) is 0 Å². The van der Waals surface area contributed by atoms with Crippen molar-refractivity contribution in [2.24, 2.45) is 0 Å². The maximum Gasteiger partial charge on any atom is 0 e. The van der Waals surface area contributed by atoms with Gasteiger partial charge in [-0.3, -0.25) is 5.92 Å². The van der Waals surface area contributed by atoms with Crippen LogP contribution in [-0.4, -0.2) is 0 Å². The van der Waals surface area contributed by atoms with Gasteiger partial charge in [0.1, 0.15) is 0 Å². The Labute approximate surface area is 121 Å². The first kappa shape index (κ1) is 22.6. The van der Waals surface area contributed by atoms with Crippen molar-refractivity contribution in [3.63, 3.8) is 0 Å². The smallest absolute Gasteiger partial charge is 0 e. The third-order valence-corrected chi connectivity index (χ3v) is 0.167. The minimum absolute atomic E-state index is 0. The molecule has 0 aromatic carbocycles. The van der Waals surface area contributed by atoms with Crippen LogP contribution in [-0.2, 0) is 98.1 Å². The van der Waals surface area contributed by atoms with E-state index in [4.69, 9.17) is 6.42 Å². The van der Waals surface area contributed by atoms with Crippen molar-refractivity contribution in [2.45, 2.75) is 6.92 Å². The molecule has 0 aromatic heterocycles. The Morgan fingerprint density at radius 3 is 1.43 bits per heavy atom. The summed E-state index contributed by atoms with van der Waals surface area (Å²) in [6.07, 6.45) is 6.38. The molecule has 3 radical (unpaired) electrons. The van der Waals surface area contributed by atoms with Gasteiger partial charge in [-0.15, -0.1) is 6.92 Å². The first-order chi connectivity index (χ1) is 1.91. The van der Waals surface area contributed by atoms with Gasteiger partial charge >= 0.3 is 0 Å². The summed E-state index contributed by atoms with van der Waals surface area (Å²) in [5, 5.41) is 0. The average Bonchev–Trinajstić information content (AvgIpc) is 1.37. The van der Waals surface area contributed by atoms with E-state index < -0.39 is 0 Å². The normalized spacial score (nSPS) is 2.29. The molecule has 0 atom stereocenters. The van der Waals surface area contributed by atoms with E-state index in [9.17, 15) is 0 Å². The van der Waals surface area contributed by atoms with Gasteiger partial charge in [0.25, 0.3) is 0 Å². The van der Waals surface area contributed by atoms with Crippen LogP contribution in [0.25, 0.3) is 0 Å². The van der Waals surface area contributed by atoms with Crippen LogP contribution in [0.3, 0.4) is 0 Å². The van der Waals surface area contributed by atoms with Crippen LogP contribution in [0.15, 0.2) is 0 Å². The fraction of sp³-hybridized carbons (Fsp3) is 0.250. The van der Waals surface area contributed by atoms with Crippen molar-refractivity contribution in [2.75, 3.05) is 0 Å². The standard InChI is InChI=1S/C4H5.3Y/c1-3-4-2;;;/h1,4H,2H3;;;/q-1;;;. The van der Waals surface area contributed by atoms with Crippen molar-refractivity contribution in [1.82, 2.24) is 0 Å². The minimum Gasteiger partial charge on any atom is -0.345 e. The summed E-state index contributed by atoms with van der Waals surface area (Å²) in [6, 6.07) is 0. The molecule has 0 aliphatic rings. The molecule has 0 rings (SSSR count). The molecular weight excluding hydrogens is 315 g/mol. The molecule has 0 nitrogen and oxygen atoms in total. The van der Waals surface area contributed by atoms with E-state index in [1.165, 1.54) is 0 Å². The van der Waals surface area contributed by atoms with E-state index in [0.29, 0.717) is 0 Å². The molecule has 3 heteroatoms. The summed E-state index contributed by atoms with van der Waals surface area (Å²) >= 11 is 0. The van der Waals surface area contributed by atoms with Gasteiger partial charge in [-0.05, 0) is 0 Å². The molecule has 0 fully saturated rings. The molecule has 0 bridgehead atoms. The number of hydrogen-bond donors (Lipinski definition) is 0. The largest absolute Gasteiger partial charge is 0.345 e. The summed E-state index contributed by atoms with van der Waals surface area (Å²) in [6.45, 7) is 1.82. The topological polar surface area (TPSA) is 0 Å². The van der Waals surface area contributed by atoms with Gasteiger partial charge in [-0.25, -0.2) is 0 Å². The molecule has 7 heavy (non-hydrogen) atoms. The average molecular weight is 320 g/mol. The van der Waals surface area contributed by atoms with Crippen molar-refractivity contribution < 1.29 is 98.1 Å². The minimum atomic E-state index is 0. The van der Waals surface area contributed by atoms with Gasteiger partial charge in [-0.2, -0.15) is 6.42 Å². The Kier molecular flexibility index (Phi) is 75.2. The fourth-order valence-electron chi connectivity index (χ4n) is 0. The van der Waals surface area contributed by atoms with Crippen LogP contribution in [0.1, 0.15) is 6.92 Å². The van der Waals surface area contributed by atoms with Crippen LogP contribution < -0.4 is 0 Å². The van der Waals surface area contributed by atoms with Crippen LogP contribution in [0.4, 0.5) is 0 Å². The molecule has 0 heterocycles. The van der Waals surface area contributed by atoms with Crippen molar-refractivity contribution in [1.29, 1.82) is 0 Å². The van der Waals surface area contributed by atoms with Gasteiger partial charge in [-0.1, -0.05) is 0 Å². The van der Waals surface area contributed by atoms with Crippen LogP contribution in [0.2, 0.25) is 0 Å². The summed E-state index contributed by atoms with van der Waals surface area (Å²) in [4.78, 5) is 0. The second-order valence-electron chi connectivity index (χ2n) is 0.455. The second-order valence-corrected chi connectivity index (χ2v) is 0.455. The molecular formula is C4H5Y3-. The summed E-state index contributed by atoms with van der Waals surface area (Å²) in [5.74, 6) is 2.31. The molecule has 0 unspecified atom stereocenters. The van der Waals surface area contributed by atoms with E-state index in [-0.39, 0.29) is 98.1 Å². The maximum absolute atomic E-state index is 4.72. The Morgan fingerprint density at radius 2 is 1.43 bits per heavy atom. The second kappa shape index (κ2) is 23.3. The Bertz CT molecular complexity index is 36.7.